The number of benzene rings is 2. The van der Waals surface area contributed by atoms with Crippen LogP contribution in [0, 0.1) is 0 Å². The zero-order chi connectivity index (χ0) is 20.0. The van der Waals surface area contributed by atoms with Crippen LogP contribution in [0.3, 0.4) is 0 Å². The summed E-state index contributed by atoms with van der Waals surface area (Å²) in [6.45, 7) is 2.49. The summed E-state index contributed by atoms with van der Waals surface area (Å²) in [5.74, 6) is -0.660. The first-order chi connectivity index (χ1) is 12.9. The number of halogens is 1. The van der Waals surface area contributed by atoms with E-state index in [2.05, 4.69) is 26.0 Å². The van der Waals surface area contributed by atoms with Crippen molar-refractivity contribution in [3.63, 3.8) is 0 Å². The molecule has 0 spiro atoms. The predicted octanol–water partition coefficient (Wildman–Crippen LogP) is 3.99. The molecule has 2 aromatic rings. The van der Waals surface area contributed by atoms with Crippen LogP contribution in [0.5, 0.6) is 17.2 Å². The van der Waals surface area contributed by atoms with Gasteiger partial charge in [0.05, 0.1) is 31.0 Å². The Balaban J connectivity index is 2.31. The molecule has 8 heteroatoms. The summed E-state index contributed by atoms with van der Waals surface area (Å²) in [5.41, 5.74) is 0.326. The van der Waals surface area contributed by atoms with Gasteiger partial charge in [0.2, 0.25) is 0 Å². The van der Waals surface area contributed by atoms with Crippen LogP contribution in [-0.2, 0) is 4.74 Å². The van der Waals surface area contributed by atoms with Crippen LogP contribution in [0.15, 0.2) is 34.8 Å². The zero-order valence-electron chi connectivity index (χ0n) is 15.2. The highest BCUT2D eigenvalue weighted by Crippen LogP contribution is 2.37. The number of amides is 1. The monoisotopic (exact) mass is 437 g/mol. The van der Waals surface area contributed by atoms with E-state index in [1.165, 1.54) is 38.5 Å². The molecule has 0 bridgehead atoms. The Morgan fingerprint density at radius 1 is 1.22 bits per heavy atom. The first-order valence-electron chi connectivity index (χ1n) is 8.14. The minimum atomic E-state index is -0.703. The number of para-hydroxylation sites is 1. The smallest absolute Gasteiger partial charge is 0.341 e. The van der Waals surface area contributed by atoms with Crippen molar-refractivity contribution in [2.75, 3.05) is 26.1 Å². The summed E-state index contributed by atoms with van der Waals surface area (Å²) < 4.78 is 16.1. The zero-order valence-corrected chi connectivity index (χ0v) is 16.8. The summed E-state index contributed by atoms with van der Waals surface area (Å²) in [5, 5.41) is 12.8. The third-order valence-electron chi connectivity index (χ3n) is 3.63. The fourth-order valence-electron chi connectivity index (χ4n) is 2.31. The number of hydrogen-bond donors (Lipinski definition) is 2. The van der Waals surface area contributed by atoms with Gasteiger partial charge in [-0.25, -0.2) is 4.79 Å². The number of rotatable bonds is 7. The van der Waals surface area contributed by atoms with Gasteiger partial charge in [0.15, 0.2) is 17.2 Å². The molecule has 0 saturated heterocycles. The lowest BCUT2D eigenvalue weighted by Crippen LogP contribution is -2.13. The van der Waals surface area contributed by atoms with Gasteiger partial charge in [0.25, 0.3) is 5.91 Å². The van der Waals surface area contributed by atoms with Crippen LogP contribution < -0.4 is 14.8 Å². The molecule has 2 aromatic carbocycles. The molecule has 0 fully saturated rings. The van der Waals surface area contributed by atoms with Crippen LogP contribution in [-0.4, -0.2) is 37.8 Å². The first kappa shape index (κ1) is 20.6. The maximum Gasteiger partial charge on any atom is 0.341 e. The number of anilines is 1. The van der Waals surface area contributed by atoms with Crippen LogP contribution in [0.2, 0.25) is 0 Å². The standard InChI is InChI=1S/C19H20BrNO6/c1-4-8-27-17-13(20)9-11(10-15(17)25-2)18(23)21-14-7-5-6-12(16(14)22)19(24)26-3/h5-7,9-10,22H,4,8H2,1-3H3,(H,21,23). The summed E-state index contributed by atoms with van der Waals surface area (Å²) in [4.78, 5) is 24.3. The molecular weight excluding hydrogens is 418 g/mol. The summed E-state index contributed by atoms with van der Waals surface area (Å²) in [6, 6.07) is 7.52. The van der Waals surface area contributed by atoms with Gasteiger partial charge in [-0.2, -0.15) is 0 Å². The Bertz CT molecular complexity index is 852. The Hall–Kier alpha value is -2.74. The third kappa shape index (κ3) is 4.71. The van der Waals surface area contributed by atoms with Crippen molar-refractivity contribution >= 4 is 33.5 Å². The highest BCUT2D eigenvalue weighted by Gasteiger charge is 2.19. The average molecular weight is 438 g/mol. The molecule has 0 aliphatic heterocycles. The second-order valence-electron chi connectivity index (χ2n) is 5.49. The summed E-state index contributed by atoms with van der Waals surface area (Å²) >= 11 is 3.38. The number of methoxy groups -OCH3 is 2. The number of carbonyl (C=O) groups excluding carboxylic acids is 2. The summed E-state index contributed by atoms with van der Waals surface area (Å²) in [7, 11) is 2.69. The summed E-state index contributed by atoms with van der Waals surface area (Å²) in [6.07, 6.45) is 0.827. The van der Waals surface area contributed by atoms with Gasteiger partial charge in [-0.3, -0.25) is 4.79 Å². The lowest BCUT2D eigenvalue weighted by molar-refractivity contribution is 0.0597. The van der Waals surface area contributed by atoms with Crippen molar-refractivity contribution in [3.05, 3.63) is 45.9 Å². The lowest BCUT2D eigenvalue weighted by Gasteiger charge is -2.14. The topological polar surface area (TPSA) is 94.1 Å². The molecule has 0 unspecified atom stereocenters. The van der Waals surface area contributed by atoms with E-state index in [0.29, 0.717) is 22.6 Å². The molecule has 1 amide bonds. The van der Waals surface area contributed by atoms with Crippen molar-refractivity contribution in [1.29, 1.82) is 0 Å². The van der Waals surface area contributed by atoms with Crippen molar-refractivity contribution in [2.45, 2.75) is 13.3 Å². The molecule has 0 aliphatic rings. The fourth-order valence-corrected chi connectivity index (χ4v) is 2.87. The van der Waals surface area contributed by atoms with Crippen molar-refractivity contribution in [2.24, 2.45) is 0 Å². The highest BCUT2D eigenvalue weighted by molar-refractivity contribution is 9.10. The van der Waals surface area contributed by atoms with Gasteiger partial charge in [-0.15, -0.1) is 0 Å². The maximum atomic E-state index is 12.6. The van der Waals surface area contributed by atoms with E-state index in [9.17, 15) is 14.7 Å². The van der Waals surface area contributed by atoms with Gasteiger partial charge >= 0.3 is 5.97 Å². The Labute approximate surface area is 165 Å². The molecule has 0 heterocycles. The molecule has 0 radical (unpaired) electrons. The van der Waals surface area contributed by atoms with Crippen LogP contribution in [0.4, 0.5) is 5.69 Å². The second kappa shape index (κ2) is 9.27. The van der Waals surface area contributed by atoms with Crippen LogP contribution in [0.25, 0.3) is 0 Å². The molecular formula is C19H20BrNO6. The minimum absolute atomic E-state index is 0.0441. The van der Waals surface area contributed by atoms with Crippen molar-refractivity contribution in [3.8, 4) is 17.2 Å². The molecule has 0 saturated carbocycles. The maximum absolute atomic E-state index is 12.6. The quantitative estimate of drug-likeness (QED) is 0.502. The van der Waals surface area contributed by atoms with Crippen molar-refractivity contribution in [1.82, 2.24) is 0 Å². The number of phenolic OH excluding ortho intramolecular Hbond substituents is 1. The Morgan fingerprint density at radius 3 is 2.59 bits per heavy atom. The van der Waals surface area contributed by atoms with E-state index in [4.69, 9.17) is 9.47 Å². The molecule has 0 atom stereocenters. The predicted molar refractivity (Wildman–Crippen MR) is 104 cm³/mol. The number of aromatic hydroxyl groups is 1. The van der Waals surface area contributed by atoms with Gasteiger partial charge in [-0.1, -0.05) is 13.0 Å². The number of ether oxygens (including phenoxy) is 3. The van der Waals surface area contributed by atoms with E-state index < -0.39 is 11.9 Å². The second-order valence-corrected chi connectivity index (χ2v) is 6.34. The lowest BCUT2D eigenvalue weighted by atomic mass is 10.1. The molecule has 7 nitrogen and oxygen atoms in total. The van der Waals surface area contributed by atoms with E-state index in [0.717, 1.165) is 6.42 Å². The SMILES string of the molecule is CCCOc1c(Br)cc(C(=O)Nc2cccc(C(=O)OC)c2O)cc1OC. The molecule has 144 valence electrons. The fraction of sp³-hybridized carbons (Fsp3) is 0.263. The molecule has 27 heavy (non-hydrogen) atoms. The first-order valence-corrected chi connectivity index (χ1v) is 8.94. The van der Waals surface area contributed by atoms with E-state index in [-0.39, 0.29) is 22.6 Å². The van der Waals surface area contributed by atoms with Crippen LogP contribution in [0.1, 0.15) is 34.1 Å². The Morgan fingerprint density at radius 2 is 1.96 bits per heavy atom. The van der Waals surface area contributed by atoms with Crippen LogP contribution >= 0.6 is 15.9 Å². The molecule has 2 rings (SSSR count). The van der Waals surface area contributed by atoms with Gasteiger partial charge in [0, 0.05) is 5.56 Å². The third-order valence-corrected chi connectivity index (χ3v) is 4.22. The molecule has 2 N–H and O–H groups in total. The number of nitrogens with one attached hydrogen (secondary N) is 1. The number of carbonyl (C=O) groups is 2. The van der Waals surface area contributed by atoms with Gasteiger partial charge in [-0.05, 0) is 46.6 Å². The molecule has 0 aliphatic carbocycles. The normalized spacial score (nSPS) is 10.2. The highest BCUT2D eigenvalue weighted by atomic mass is 79.9. The van der Waals surface area contributed by atoms with Gasteiger partial charge in [0.1, 0.15) is 5.56 Å². The van der Waals surface area contributed by atoms with E-state index in [1.54, 1.807) is 6.07 Å². The van der Waals surface area contributed by atoms with E-state index >= 15 is 0 Å². The van der Waals surface area contributed by atoms with Crippen molar-refractivity contribution < 1.29 is 28.9 Å². The van der Waals surface area contributed by atoms with E-state index in [1.807, 2.05) is 6.92 Å². The number of hydrogen-bond acceptors (Lipinski definition) is 6. The largest absolute Gasteiger partial charge is 0.505 e. The average Bonchev–Trinajstić information content (AvgIpc) is 2.67. The number of esters is 1. The number of phenols is 1. The molecule has 0 aromatic heterocycles. The van der Waals surface area contributed by atoms with Gasteiger partial charge < -0.3 is 24.6 Å². The Kier molecular flexibility index (Phi) is 7.06. The minimum Gasteiger partial charge on any atom is -0.505 e.